The van der Waals surface area contributed by atoms with E-state index in [-0.39, 0.29) is 41.5 Å². The first-order chi connectivity index (χ1) is 18.1. The highest BCUT2D eigenvalue weighted by molar-refractivity contribution is 6.03. The van der Waals surface area contributed by atoms with Crippen LogP contribution in [0.5, 0.6) is 0 Å². The van der Waals surface area contributed by atoms with Gasteiger partial charge in [-0.25, -0.2) is 4.98 Å². The van der Waals surface area contributed by atoms with Crippen molar-refractivity contribution in [3.8, 4) is 0 Å². The van der Waals surface area contributed by atoms with E-state index in [4.69, 9.17) is 0 Å². The molecule has 1 aliphatic carbocycles. The fraction of sp³-hybridized carbons (Fsp3) is 0.419. The van der Waals surface area contributed by atoms with Crippen LogP contribution in [0, 0.1) is 18.3 Å². The zero-order valence-electron chi connectivity index (χ0n) is 22.5. The molecule has 3 aliphatic rings. The monoisotopic (exact) mass is 510 g/mol. The molecular formula is C31H34N4O3. The lowest BCUT2D eigenvalue weighted by Crippen LogP contribution is -2.53. The first-order valence-corrected chi connectivity index (χ1v) is 13.5. The number of ketones is 1. The van der Waals surface area contributed by atoms with Gasteiger partial charge in [-0.2, -0.15) is 0 Å². The van der Waals surface area contributed by atoms with Crippen molar-refractivity contribution in [2.24, 2.45) is 11.3 Å². The zero-order valence-corrected chi connectivity index (χ0v) is 22.5. The van der Waals surface area contributed by atoms with Crippen LogP contribution >= 0.6 is 0 Å². The normalized spacial score (nSPS) is 21.1. The Morgan fingerprint density at radius 3 is 2.50 bits per heavy atom. The molecule has 0 saturated carbocycles. The number of nitrogens with zero attached hydrogens (tertiary/aromatic N) is 3. The molecule has 2 aromatic carbocycles. The van der Waals surface area contributed by atoms with Gasteiger partial charge in [-0.1, -0.05) is 56.7 Å². The second kappa shape index (κ2) is 8.93. The Kier molecular flexibility index (Phi) is 5.78. The SMILES string of the molecule is Cc1ccc2c(c1)C=C(C(=O)C[C@H](C(=O)N1C[C@@H]3C[C@H]1CN3C(=O)c1nc3ccccc3[nH]1)C(C)(C)C)C2. The number of H-pyrrole nitrogens is 1. The molecule has 0 unspecified atom stereocenters. The van der Waals surface area contributed by atoms with E-state index in [1.807, 2.05) is 60.9 Å². The quantitative estimate of drug-likeness (QED) is 0.545. The van der Waals surface area contributed by atoms with Crippen LogP contribution in [0.1, 0.15) is 60.9 Å². The molecule has 7 nitrogen and oxygen atoms in total. The third-order valence-corrected chi connectivity index (χ3v) is 8.48. The highest BCUT2D eigenvalue weighted by Crippen LogP contribution is 2.38. The Hall–Kier alpha value is -3.74. The van der Waals surface area contributed by atoms with Crippen molar-refractivity contribution in [1.29, 1.82) is 0 Å². The smallest absolute Gasteiger partial charge is 0.290 e. The van der Waals surface area contributed by atoms with Crippen molar-refractivity contribution in [3.05, 3.63) is 70.6 Å². The highest BCUT2D eigenvalue weighted by atomic mass is 16.2. The molecule has 3 atom stereocenters. The number of Topliss-reactive ketones (excluding diaryl/α,β-unsaturated/α-hetero) is 1. The van der Waals surface area contributed by atoms with Crippen molar-refractivity contribution < 1.29 is 14.4 Å². The van der Waals surface area contributed by atoms with E-state index in [1.54, 1.807) is 0 Å². The van der Waals surface area contributed by atoms with Gasteiger partial charge in [0.25, 0.3) is 5.91 Å². The average molecular weight is 511 g/mol. The van der Waals surface area contributed by atoms with E-state index < -0.39 is 5.92 Å². The second-order valence-corrected chi connectivity index (χ2v) is 12.2. The van der Waals surface area contributed by atoms with Gasteiger partial charge < -0.3 is 14.8 Å². The van der Waals surface area contributed by atoms with Gasteiger partial charge >= 0.3 is 0 Å². The second-order valence-electron chi connectivity index (χ2n) is 12.2. The molecule has 1 N–H and O–H groups in total. The summed E-state index contributed by atoms with van der Waals surface area (Å²) in [6, 6.07) is 13.8. The average Bonchev–Trinajstić information content (AvgIpc) is 3.66. The van der Waals surface area contributed by atoms with Crippen molar-refractivity contribution in [1.82, 2.24) is 19.8 Å². The first kappa shape index (κ1) is 24.6. The number of nitrogens with one attached hydrogen (secondary N) is 1. The van der Waals surface area contributed by atoms with Crippen LogP contribution < -0.4 is 0 Å². The Morgan fingerprint density at radius 2 is 1.79 bits per heavy atom. The number of hydrogen-bond donors (Lipinski definition) is 1. The number of aryl methyl sites for hydroxylation is 1. The summed E-state index contributed by atoms with van der Waals surface area (Å²) in [6.45, 7) is 9.17. The number of amides is 2. The number of para-hydroxylation sites is 2. The summed E-state index contributed by atoms with van der Waals surface area (Å²) in [5.74, 6) is -0.110. The Labute approximate surface area is 222 Å². The fourth-order valence-electron chi connectivity index (χ4n) is 6.29. The number of fused-ring (bicyclic) bond motifs is 4. The number of imidazole rings is 1. The molecule has 2 aliphatic heterocycles. The number of carbonyl (C=O) groups is 3. The van der Waals surface area contributed by atoms with Gasteiger partial charge in [0.15, 0.2) is 11.6 Å². The number of hydrogen-bond acceptors (Lipinski definition) is 4. The largest absolute Gasteiger partial charge is 0.336 e. The minimum absolute atomic E-state index is 0.0288. The first-order valence-electron chi connectivity index (χ1n) is 13.5. The molecule has 0 radical (unpaired) electrons. The number of rotatable bonds is 5. The predicted octanol–water partition coefficient (Wildman–Crippen LogP) is 4.56. The molecule has 6 rings (SSSR count). The minimum atomic E-state index is -0.416. The Balaban J connectivity index is 1.14. The Bertz CT molecular complexity index is 1460. The van der Waals surface area contributed by atoms with Crippen LogP contribution in [-0.2, 0) is 16.0 Å². The number of allylic oxidation sites excluding steroid dienone is 1. The third kappa shape index (κ3) is 4.24. The molecular weight excluding hydrogens is 476 g/mol. The molecule has 7 heteroatoms. The molecule has 2 amide bonds. The van der Waals surface area contributed by atoms with Gasteiger partial charge in [0.05, 0.1) is 29.0 Å². The lowest BCUT2D eigenvalue weighted by molar-refractivity contribution is -0.143. The maximum atomic E-state index is 13.9. The van der Waals surface area contributed by atoms with E-state index in [0.29, 0.717) is 25.3 Å². The van der Waals surface area contributed by atoms with Crippen LogP contribution in [0.15, 0.2) is 48.0 Å². The maximum Gasteiger partial charge on any atom is 0.290 e. The lowest BCUT2D eigenvalue weighted by atomic mass is 9.76. The van der Waals surface area contributed by atoms with Gasteiger partial charge in [0.2, 0.25) is 5.91 Å². The molecule has 2 fully saturated rings. The van der Waals surface area contributed by atoms with Crippen molar-refractivity contribution in [2.75, 3.05) is 13.1 Å². The summed E-state index contributed by atoms with van der Waals surface area (Å²) in [5.41, 5.74) is 5.49. The summed E-state index contributed by atoms with van der Waals surface area (Å²) >= 11 is 0. The molecule has 2 saturated heterocycles. The summed E-state index contributed by atoms with van der Waals surface area (Å²) < 4.78 is 0. The predicted molar refractivity (Wildman–Crippen MR) is 146 cm³/mol. The van der Waals surface area contributed by atoms with Gasteiger partial charge in [-0.15, -0.1) is 0 Å². The number of aromatic amines is 1. The standard InChI is InChI=1S/C31H34N4O3/c1-18-9-10-19-12-21(13-20(19)11-18)27(36)15-24(31(2,3)4)29(37)34-16-23-14-22(34)17-35(23)30(38)28-32-25-7-5-6-8-26(25)33-28/h5-11,13,22-24H,12,14-17H2,1-4H3,(H,32,33)/t22-,23-,24+/m0/s1. The van der Waals surface area contributed by atoms with Crippen LogP contribution in [0.4, 0.5) is 0 Å². The maximum absolute atomic E-state index is 13.9. The fourth-order valence-corrected chi connectivity index (χ4v) is 6.29. The number of piperazine rings is 1. The van der Waals surface area contributed by atoms with E-state index in [1.165, 1.54) is 11.1 Å². The third-order valence-electron chi connectivity index (χ3n) is 8.48. The summed E-state index contributed by atoms with van der Waals surface area (Å²) in [5, 5.41) is 0. The summed E-state index contributed by atoms with van der Waals surface area (Å²) in [7, 11) is 0. The van der Waals surface area contributed by atoms with Gasteiger partial charge in [0.1, 0.15) is 0 Å². The van der Waals surface area contributed by atoms with Crippen LogP contribution in [0.2, 0.25) is 0 Å². The summed E-state index contributed by atoms with van der Waals surface area (Å²) in [4.78, 5) is 52.0. The number of benzene rings is 2. The van der Waals surface area contributed by atoms with Gasteiger partial charge in [-0.3, -0.25) is 14.4 Å². The molecule has 38 heavy (non-hydrogen) atoms. The number of carbonyl (C=O) groups excluding carboxylic acids is 3. The van der Waals surface area contributed by atoms with Crippen LogP contribution in [0.3, 0.4) is 0 Å². The van der Waals surface area contributed by atoms with Crippen molar-refractivity contribution in [2.45, 2.75) is 59.0 Å². The molecule has 3 aromatic rings. The topological polar surface area (TPSA) is 86.4 Å². The van der Waals surface area contributed by atoms with E-state index in [0.717, 1.165) is 28.6 Å². The van der Waals surface area contributed by atoms with E-state index in [2.05, 4.69) is 35.1 Å². The number of aromatic nitrogens is 2. The van der Waals surface area contributed by atoms with Crippen molar-refractivity contribution >= 4 is 34.7 Å². The van der Waals surface area contributed by atoms with Gasteiger partial charge in [-0.05, 0) is 48.1 Å². The van der Waals surface area contributed by atoms with Gasteiger partial charge in [0, 0.05) is 31.5 Å². The molecule has 3 heterocycles. The van der Waals surface area contributed by atoms with E-state index in [9.17, 15) is 14.4 Å². The molecule has 196 valence electrons. The lowest BCUT2D eigenvalue weighted by Gasteiger charge is -2.38. The van der Waals surface area contributed by atoms with Crippen LogP contribution in [0.25, 0.3) is 17.1 Å². The molecule has 0 spiro atoms. The summed E-state index contributed by atoms with van der Waals surface area (Å²) in [6.07, 6.45) is 3.60. The zero-order chi connectivity index (χ0) is 26.8. The minimum Gasteiger partial charge on any atom is -0.336 e. The number of likely N-dealkylation sites (tertiary alicyclic amines) is 2. The molecule has 1 aromatic heterocycles. The molecule has 2 bridgehead atoms. The van der Waals surface area contributed by atoms with Crippen LogP contribution in [-0.4, -0.2) is 62.5 Å². The Morgan fingerprint density at radius 1 is 1.05 bits per heavy atom. The van der Waals surface area contributed by atoms with Crippen molar-refractivity contribution in [3.63, 3.8) is 0 Å². The highest BCUT2D eigenvalue weighted by Gasteiger charge is 2.50. The van der Waals surface area contributed by atoms with E-state index >= 15 is 0 Å².